The van der Waals surface area contributed by atoms with Crippen molar-refractivity contribution in [3.05, 3.63) is 41.6 Å². The first kappa shape index (κ1) is 11.7. The molecule has 2 aromatic rings. The van der Waals surface area contributed by atoms with E-state index in [1.54, 1.807) is 13.0 Å². The van der Waals surface area contributed by atoms with Crippen molar-refractivity contribution in [1.82, 2.24) is 20.4 Å². The molecule has 0 radical (unpaired) electrons. The highest BCUT2D eigenvalue weighted by Gasteiger charge is 2.09. The average Bonchev–Trinajstić information content (AvgIpc) is 2.73. The number of hydrogen-bond acceptors (Lipinski definition) is 5. The number of rotatable bonds is 4. The summed E-state index contributed by atoms with van der Waals surface area (Å²) in [6.45, 7) is 4.16. The molecule has 0 saturated carbocycles. The quantitative estimate of drug-likeness (QED) is 0.876. The second-order valence-corrected chi connectivity index (χ2v) is 3.74. The van der Waals surface area contributed by atoms with Gasteiger partial charge in [0, 0.05) is 6.04 Å². The number of halogens is 1. The Morgan fingerprint density at radius 2 is 2.29 bits per heavy atom. The van der Waals surface area contributed by atoms with Gasteiger partial charge in [0.15, 0.2) is 5.82 Å². The fourth-order valence-electron chi connectivity index (χ4n) is 1.40. The normalized spacial score (nSPS) is 12.6. The lowest BCUT2D eigenvalue weighted by Crippen LogP contribution is -2.19. The molecular formula is C11H13FN4O. The predicted molar refractivity (Wildman–Crippen MR) is 58.5 cm³/mol. The van der Waals surface area contributed by atoms with Crippen LogP contribution in [0.3, 0.4) is 0 Å². The molecule has 90 valence electrons. The third-order valence-electron chi connectivity index (χ3n) is 2.32. The van der Waals surface area contributed by atoms with Crippen LogP contribution in [0.15, 0.2) is 22.9 Å². The van der Waals surface area contributed by atoms with Crippen molar-refractivity contribution in [2.45, 2.75) is 26.4 Å². The Morgan fingerprint density at radius 1 is 1.47 bits per heavy atom. The van der Waals surface area contributed by atoms with Crippen LogP contribution in [0, 0.1) is 12.7 Å². The highest BCUT2D eigenvalue weighted by Crippen LogP contribution is 2.10. The van der Waals surface area contributed by atoms with Gasteiger partial charge >= 0.3 is 0 Å². The Hall–Kier alpha value is -1.82. The van der Waals surface area contributed by atoms with Crippen molar-refractivity contribution in [2.24, 2.45) is 0 Å². The Balaban J connectivity index is 1.93. The minimum absolute atomic E-state index is 0.0113. The fraction of sp³-hybridized carbons (Fsp3) is 0.364. The molecule has 0 aromatic carbocycles. The van der Waals surface area contributed by atoms with Gasteiger partial charge in [-0.3, -0.25) is 4.98 Å². The largest absolute Gasteiger partial charge is 0.338 e. The second kappa shape index (κ2) is 5.01. The van der Waals surface area contributed by atoms with Crippen LogP contribution in [-0.2, 0) is 6.54 Å². The van der Waals surface area contributed by atoms with E-state index < -0.39 is 0 Å². The molecule has 2 aromatic heterocycles. The number of aromatic nitrogens is 3. The minimum Gasteiger partial charge on any atom is -0.338 e. The second-order valence-electron chi connectivity index (χ2n) is 3.74. The summed E-state index contributed by atoms with van der Waals surface area (Å²) in [4.78, 5) is 8.06. The molecule has 0 saturated heterocycles. The van der Waals surface area contributed by atoms with E-state index in [2.05, 4.69) is 20.4 Å². The van der Waals surface area contributed by atoms with Gasteiger partial charge in [0.05, 0.1) is 18.4 Å². The van der Waals surface area contributed by atoms with E-state index in [4.69, 9.17) is 4.52 Å². The summed E-state index contributed by atoms with van der Waals surface area (Å²) >= 11 is 0. The van der Waals surface area contributed by atoms with Gasteiger partial charge in [0.2, 0.25) is 5.89 Å². The van der Waals surface area contributed by atoms with Crippen molar-refractivity contribution in [3.8, 4) is 0 Å². The lowest BCUT2D eigenvalue weighted by Gasteiger charge is -2.11. The maximum atomic E-state index is 12.7. The molecule has 6 heteroatoms. The van der Waals surface area contributed by atoms with E-state index >= 15 is 0 Å². The van der Waals surface area contributed by atoms with Crippen molar-refractivity contribution >= 4 is 0 Å². The number of aryl methyl sites for hydroxylation is 1. The van der Waals surface area contributed by atoms with Gasteiger partial charge in [-0.1, -0.05) is 5.16 Å². The van der Waals surface area contributed by atoms with Gasteiger partial charge in [-0.05, 0) is 26.0 Å². The highest BCUT2D eigenvalue weighted by atomic mass is 19.1. The number of hydrogen-bond donors (Lipinski definition) is 1. The fourth-order valence-corrected chi connectivity index (χ4v) is 1.40. The molecule has 0 aliphatic rings. The Kier molecular flexibility index (Phi) is 3.43. The third-order valence-corrected chi connectivity index (χ3v) is 2.32. The van der Waals surface area contributed by atoms with Crippen molar-refractivity contribution < 1.29 is 8.91 Å². The third kappa shape index (κ3) is 3.07. The maximum Gasteiger partial charge on any atom is 0.240 e. The molecule has 0 spiro atoms. The zero-order valence-corrected chi connectivity index (χ0v) is 9.64. The summed E-state index contributed by atoms with van der Waals surface area (Å²) in [5.74, 6) is 0.791. The zero-order chi connectivity index (χ0) is 12.3. The maximum absolute atomic E-state index is 12.7. The summed E-state index contributed by atoms with van der Waals surface area (Å²) in [7, 11) is 0. The van der Waals surface area contributed by atoms with Crippen LogP contribution in [-0.4, -0.2) is 15.1 Å². The van der Waals surface area contributed by atoms with E-state index in [0.717, 1.165) is 5.69 Å². The van der Waals surface area contributed by atoms with Crippen LogP contribution in [0.5, 0.6) is 0 Å². The lowest BCUT2D eigenvalue weighted by atomic mass is 10.2. The van der Waals surface area contributed by atoms with Gasteiger partial charge in [-0.2, -0.15) is 4.98 Å². The molecule has 17 heavy (non-hydrogen) atoms. The molecule has 1 unspecified atom stereocenters. The number of pyridine rings is 1. The van der Waals surface area contributed by atoms with Crippen molar-refractivity contribution in [1.29, 1.82) is 0 Å². The monoisotopic (exact) mass is 236 g/mol. The van der Waals surface area contributed by atoms with Gasteiger partial charge in [-0.15, -0.1) is 0 Å². The van der Waals surface area contributed by atoms with Crippen LogP contribution in [0.2, 0.25) is 0 Å². The number of nitrogens with one attached hydrogen (secondary N) is 1. The first-order chi connectivity index (χ1) is 8.15. The average molecular weight is 236 g/mol. The first-order valence-electron chi connectivity index (χ1n) is 5.29. The van der Waals surface area contributed by atoms with Crippen LogP contribution >= 0.6 is 0 Å². The van der Waals surface area contributed by atoms with Crippen LogP contribution in [0.25, 0.3) is 0 Å². The summed E-state index contributed by atoms with van der Waals surface area (Å²) in [5, 5.41) is 6.85. The Bertz CT molecular complexity index is 482. The molecule has 1 N–H and O–H groups in total. The first-order valence-corrected chi connectivity index (χ1v) is 5.29. The Morgan fingerprint density at radius 3 is 2.88 bits per heavy atom. The summed E-state index contributed by atoms with van der Waals surface area (Å²) in [6.07, 6.45) is 1.20. The number of nitrogens with zero attached hydrogens (tertiary/aromatic N) is 3. The van der Waals surface area contributed by atoms with E-state index in [9.17, 15) is 4.39 Å². The SMILES string of the molecule is Cc1noc(CNC(C)c2ccc(F)cn2)n1. The van der Waals surface area contributed by atoms with Gasteiger partial charge in [-0.25, -0.2) is 4.39 Å². The van der Waals surface area contributed by atoms with E-state index in [-0.39, 0.29) is 11.9 Å². The zero-order valence-electron chi connectivity index (χ0n) is 9.64. The molecule has 1 atom stereocenters. The van der Waals surface area contributed by atoms with E-state index in [1.165, 1.54) is 12.3 Å². The predicted octanol–water partition coefficient (Wildman–Crippen LogP) is 1.76. The summed E-state index contributed by atoms with van der Waals surface area (Å²) in [5.41, 5.74) is 0.766. The van der Waals surface area contributed by atoms with Gasteiger partial charge in [0.25, 0.3) is 0 Å². The van der Waals surface area contributed by atoms with E-state index in [1.807, 2.05) is 6.92 Å². The molecule has 2 rings (SSSR count). The Labute approximate surface area is 98.1 Å². The molecular weight excluding hydrogens is 223 g/mol. The smallest absolute Gasteiger partial charge is 0.240 e. The van der Waals surface area contributed by atoms with Crippen molar-refractivity contribution in [2.75, 3.05) is 0 Å². The molecule has 0 bridgehead atoms. The van der Waals surface area contributed by atoms with Gasteiger partial charge < -0.3 is 9.84 Å². The van der Waals surface area contributed by atoms with Crippen molar-refractivity contribution in [3.63, 3.8) is 0 Å². The molecule has 0 amide bonds. The topological polar surface area (TPSA) is 63.8 Å². The van der Waals surface area contributed by atoms with Crippen LogP contribution in [0.1, 0.15) is 30.4 Å². The lowest BCUT2D eigenvalue weighted by molar-refractivity contribution is 0.356. The summed E-state index contributed by atoms with van der Waals surface area (Å²) < 4.78 is 17.7. The molecule has 0 aliphatic carbocycles. The molecule has 0 aliphatic heterocycles. The molecule has 0 fully saturated rings. The standard InChI is InChI=1S/C11H13FN4O/c1-7(10-4-3-9(12)5-14-10)13-6-11-15-8(2)16-17-11/h3-5,7,13H,6H2,1-2H3. The summed E-state index contributed by atoms with van der Waals surface area (Å²) in [6, 6.07) is 3.02. The van der Waals surface area contributed by atoms with Gasteiger partial charge in [0.1, 0.15) is 5.82 Å². The highest BCUT2D eigenvalue weighted by molar-refractivity contribution is 5.09. The van der Waals surface area contributed by atoms with Crippen LogP contribution in [0.4, 0.5) is 4.39 Å². The van der Waals surface area contributed by atoms with E-state index in [0.29, 0.717) is 18.3 Å². The minimum atomic E-state index is -0.339. The molecule has 5 nitrogen and oxygen atoms in total. The molecule has 2 heterocycles. The van der Waals surface area contributed by atoms with Crippen LogP contribution < -0.4 is 5.32 Å².